The number of nitrogens with one attached hydrogen (secondary N) is 1. The van der Waals surface area contributed by atoms with Crippen molar-refractivity contribution < 1.29 is 4.79 Å². The molecule has 2 rings (SSSR count). The van der Waals surface area contributed by atoms with Gasteiger partial charge >= 0.3 is 0 Å². The number of aromatic nitrogens is 1. The lowest BCUT2D eigenvalue weighted by atomic mass is 10.2. The Morgan fingerprint density at radius 2 is 2.36 bits per heavy atom. The summed E-state index contributed by atoms with van der Waals surface area (Å²) in [6.07, 6.45) is 0. The molecule has 2 aromatic rings. The third-order valence-corrected chi connectivity index (χ3v) is 2.97. The van der Waals surface area contributed by atoms with E-state index in [0.29, 0.717) is 5.56 Å². The van der Waals surface area contributed by atoms with E-state index in [2.05, 4.69) is 4.98 Å². The largest absolute Gasteiger partial charge is 0.366 e. The summed E-state index contributed by atoms with van der Waals surface area (Å²) in [4.78, 5) is 15.3. The summed E-state index contributed by atoms with van der Waals surface area (Å²) in [6.45, 7) is 1.84. The van der Waals surface area contributed by atoms with Gasteiger partial charge in [0.05, 0.1) is 16.1 Å². The maximum absolute atomic E-state index is 11.0. The normalized spacial score (nSPS) is 10.4. The molecule has 0 spiro atoms. The zero-order valence-electron chi connectivity index (χ0n) is 7.70. The Bertz CT molecular complexity index is 456. The molecule has 0 saturated heterocycles. The molecule has 4 heteroatoms. The lowest BCUT2D eigenvalue weighted by molar-refractivity contribution is 0.1000. The number of carbonyl (C=O) groups excluding carboxylic acids is 1. The maximum Gasteiger partial charge on any atom is 0.250 e. The highest BCUT2D eigenvalue weighted by atomic mass is 32.1. The van der Waals surface area contributed by atoms with Crippen molar-refractivity contribution in [3.63, 3.8) is 0 Å². The average molecular weight is 206 g/mol. The molecule has 0 aliphatic carbocycles. The van der Waals surface area contributed by atoms with Gasteiger partial charge in [0.2, 0.25) is 0 Å². The van der Waals surface area contributed by atoms with Crippen LogP contribution in [0.1, 0.15) is 16.1 Å². The molecule has 0 aliphatic rings. The van der Waals surface area contributed by atoms with Crippen LogP contribution >= 0.6 is 11.3 Å². The van der Waals surface area contributed by atoms with Gasteiger partial charge in [-0.25, -0.2) is 0 Å². The Hall–Kier alpha value is -1.55. The van der Waals surface area contributed by atoms with Crippen LogP contribution in [0.15, 0.2) is 23.6 Å². The van der Waals surface area contributed by atoms with Crippen molar-refractivity contribution >= 4 is 17.2 Å². The van der Waals surface area contributed by atoms with E-state index in [0.717, 1.165) is 16.3 Å². The Labute approximate surface area is 85.6 Å². The second-order valence-corrected chi connectivity index (χ2v) is 4.01. The lowest BCUT2D eigenvalue weighted by Gasteiger charge is -1.89. The Kier molecular flexibility index (Phi) is 2.13. The highest BCUT2D eigenvalue weighted by Gasteiger charge is 2.10. The molecule has 0 aliphatic heterocycles. The van der Waals surface area contributed by atoms with Crippen molar-refractivity contribution in [1.82, 2.24) is 4.98 Å². The standard InChI is InChI=1S/C10H10N2OS/c1-6-7(10(11)13)5-8(12-6)9-3-2-4-14-9/h2-5,12H,1H3,(H2,11,13). The van der Waals surface area contributed by atoms with Crippen molar-refractivity contribution in [1.29, 1.82) is 0 Å². The molecule has 72 valence electrons. The smallest absolute Gasteiger partial charge is 0.250 e. The minimum atomic E-state index is -0.387. The predicted molar refractivity (Wildman–Crippen MR) is 57.4 cm³/mol. The fourth-order valence-electron chi connectivity index (χ4n) is 1.38. The first-order chi connectivity index (χ1) is 6.68. The molecule has 0 bridgehead atoms. The Balaban J connectivity index is 2.48. The molecular weight excluding hydrogens is 196 g/mol. The van der Waals surface area contributed by atoms with E-state index in [-0.39, 0.29) is 5.91 Å². The topological polar surface area (TPSA) is 58.9 Å². The summed E-state index contributed by atoms with van der Waals surface area (Å²) >= 11 is 1.63. The average Bonchev–Trinajstić information content (AvgIpc) is 2.70. The van der Waals surface area contributed by atoms with Gasteiger partial charge in [0.25, 0.3) is 5.91 Å². The van der Waals surface area contributed by atoms with Crippen LogP contribution in [-0.4, -0.2) is 10.9 Å². The number of primary amides is 1. The van der Waals surface area contributed by atoms with Crippen LogP contribution in [0.2, 0.25) is 0 Å². The van der Waals surface area contributed by atoms with Gasteiger partial charge < -0.3 is 10.7 Å². The fraction of sp³-hybridized carbons (Fsp3) is 0.100. The molecule has 3 N–H and O–H groups in total. The number of H-pyrrole nitrogens is 1. The third kappa shape index (κ3) is 1.44. The van der Waals surface area contributed by atoms with Crippen molar-refractivity contribution in [2.45, 2.75) is 6.92 Å². The Morgan fingerprint density at radius 1 is 1.57 bits per heavy atom. The summed E-state index contributed by atoms with van der Waals surface area (Å²) in [5.41, 5.74) is 7.56. The highest BCUT2D eigenvalue weighted by Crippen LogP contribution is 2.25. The Morgan fingerprint density at radius 3 is 2.86 bits per heavy atom. The maximum atomic E-state index is 11.0. The van der Waals surface area contributed by atoms with Crippen LogP contribution < -0.4 is 5.73 Å². The first-order valence-electron chi connectivity index (χ1n) is 4.22. The van der Waals surface area contributed by atoms with Gasteiger partial charge in [-0.2, -0.15) is 0 Å². The van der Waals surface area contributed by atoms with Gasteiger partial charge in [-0.3, -0.25) is 4.79 Å². The molecule has 0 radical (unpaired) electrons. The molecule has 2 aromatic heterocycles. The van der Waals surface area contributed by atoms with Gasteiger partial charge in [0.1, 0.15) is 0 Å². The molecule has 0 aromatic carbocycles. The van der Waals surface area contributed by atoms with Gasteiger partial charge in [0.15, 0.2) is 0 Å². The van der Waals surface area contributed by atoms with Gasteiger partial charge in [0, 0.05) is 5.69 Å². The number of carbonyl (C=O) groups is 1. The first-order valence-corrected chi connectivity index (χ1v) is 5.09. The SMILES string of the molecule is Cc1[nH]c(-c2cccs2)cc1C(N)=O. The molecular formula is C10H10N2OS. The number of hydrogen-bond acceptors (Lipinski definition) is 2. The quantitative estimate of drug-likeness (QED) is 0.777. The molecule has 0 atom stereocenters. The number of amides is 1. The van der Waals surface area contributed by atoms with E-state index in [1.165, 1.54) is 0 Å². The minimum Gasteiger partial charge on any atom is -0.366 e. The van der Waals surface area contributed by atoms with Crippen LogP contribution in [0.25, 0.3) is 10.6 Å². The van der Waals surface area contributed by atoms with E-state index < -0.39 is 0 Å². The van der Waals surface area contributed by atoms with Crippen molar-refractivity contribution in [2.75, 3.05) is 0 Å². The van der Waals surface area contributed by atoms with Gasteiger partial charge in [-0.15, -0.1) is 11.3 Å². The van der Waals surface area contributed by atoms with Crippen LogP contribution in [0.4, 0.5) is 0 Å². The monoisotopic (exact) mass is 206 g/mol. The molecule has 1 amide bonds. The zero-order valence-corrected chi connectivity index (χ0v) is 8.52. The third-order valence-electron chi connectivity index (χ3n) is 2.07. The number of nitrogens with two attached hydrogens (primary N) is 1. The number of hydrogen-bond donors (Lipinski definition) is 2. The zero-order chi connectivity index (χ0) is 10.1. The van der Waals surface area contributed by atoms with Crippen molar-refractivity contribution in [2.24, 2.45) is 5.73 Å². The number of thiophene rings is 1. The van der Waals surface area contributed by atoms with Crippen LogP contribution in [0.5, 0.6) is 0 Å². The highest BCUT2D eigenvalue weighted by molar-refractivity contribution is 7.13. The summed E-state index contributed by atoms with van der Waals surface area (Å²) in [7, 11) is 0. The van der Waals surface area contributed by atoms with Gasteiger partial charge in [-0.1, -0.05) is 6.07 Å². The molecule has 0 fully saturated rings. The van der Waals surface area contributed by atoms with Crippen molar-refractivity contribution in [3.05, 3.63) is 34.8 Å². The fourth-order valence-corrected chi connectivity index (χ4v) is 2.08. The van der Waals surface area contributed by atoms with Gasteiger partial charge in [-0.05, 0) is 24.4 Å². The van der Waals surface area contributed by atoms with Crippen LogP contribution in [0.3, 0.4) is 0 Å². The second-order valence-electron chi connectivity index (χ2n) is 3.06. The predicted octanol–water partition coefficient (Wildman–Crippen LogP) is 2.15. The second kappa shape index (κ2) is 3.31. The molecule has 0 saturated carbocycles. The molecule has 0 unspecified atom stereocenters. The molecule has 2 heterocycles. The van der Waals surface area contributed by atoms with E-state index in [1.807, 2.05) is 24.4 Å². The van der Waals surface area contributed by atoms with E-state index in [4.69, 9.17) is 5.73 Å². The molecule has 14 heavy (non-hydrogen) atoms. The summed E-state index contributed by atoms with van der Waals surface area (Å²) < 4.78 is 0. The summed E-state index contributed by atoms with van der Waals surface area (Å²) in [5.74, 6) is -0.387. The van der Waals surface area contributed by atoms with E-state index >= 15 is 0 Å². The van der Waals surface area contributed by atoms with E-state index in [9.17, 15) is 4.79 Å². The number of aromatic amines is 1. The molecule has 3 nitrogen and oxygen atoms in total. The van der Waals surface area contributed by atoms with Crippen LogP contribution in [-0.2, 0) is 0 Å². The number of aryl methyl sites for hydroxylation is 1. The summed E-state index contributed by atoms with van der Waals surface area (Å²) in [5, 5.41) is 2.00. The summed E-state index contributed by atoms with van der Waals surface area (Å²) in [6, 6.07) is 5.77. The van der Waals surface area contributed by atoms with Crippen LogP contribution in [0, 0.1) is 6.92 Å². The lowest BCUT2D eigenvalue weighted by Crippen LogP contribution is -2.10. The van der Waals surface area contributed by atoms with E-state index in [1.54, 1.807) is 17.4 Å². The van der Waals surface area contributed by atoms with Crippen molar-refractivity contribution in [3.8, 4) is 10.6 Å². The minimum absolute atomic E-state index is 0.387. The first kappa shape index (κ1) is 9.02. The number of rotatable bonds is 2.